The van der Waals surface area contributed by atoms with Gasteiger partial charge < -0.3 is 0 Å². The van der Waals surface area contributed by atoms with Crippen molar-refractivity contribution in [1.82, 2.24) is 20.0 Å². The van der Waals surface area contributed by atoms with Crippen molar-refractivity contribution < 1.29 is 0 Å². The molecule has 29 heavy (non-hydrogen) atoms. The van der Waals surface area contributed by atoms with Gasteiger partial charge in [-0.1, -0.05) is 77.5 Å². The molecule has 0 saturated carbocycles. The molecule has 0 radical (unpaired) electrons. The lowest BCUT2D eigenvalue weighted by molar-refractivity contribution is 0.842. The summed E-state index contributed by atoms with van der Waals surface area (Å²) in [7, 11) is 0. The van der Waals surface area contributed by atoms with Gasteiger partial charge in [0, 0.05) is 10.9 Å². The molecule has 5 rings (SSSR count). The van der Waals surface area contributed by atoms with Gasteiger partial charge in [0.15, 0.2) is 0 Å². The normalized spacial score (nSPS) is 11.8. The van der Waals surface area contributed by atoms with E-state index in [-0.39, 0.29) is 0 Å². The van der Waals surface area contributed by atoms with Gasteiger partial charge in [0.1, 0.15) is 16.2 Å². The van der Waals surface area contributed by atoms with Crippen molar-refractivity contribution in [2.75, 3.05) is 0 Å². The molecule has 0 aliphatic rings. The molecule has 0 N–H and O–H groups in total. The van der Waals surface area contributed by atoms with E-state index in [0.29, 0.717) is 0 Å². The quantitative estimate of drug-likeness (QED) is 0.381. The summed E-state index contributed by atoms with van der Waals surface area (Å²) in [6.07, 6.45) is 2.12. The van der Waals surface area contributed by atoms with Crippen molar-refractivity contribution in [3.05, 3.63) is 100 Å². The lowest BCUT2D eigenvalue weighted by Gasteiger charge is -2.06. The van der Waals surface area contributed by atoms with Gasteiger partial charge in [-0.2, -0.15) is 0 Å². The van der Waals surface area contributed by atoms with E-state index in [0.717, 1.165) is 38.6 Å². The third kappa shape index (κ3) is 3.48. The minimum absolute atomic E-state index is 0.863. The Labute approximate surface area is 172 Å². The predicted octanol–water partition coefficient (Wildman–Crippen LogP) is 5.91. The molecule has 0 atom stereocenters. The first kappa shape index (κ1) is 17.5. The zero-order valence-electron chi connectivity index (χ0n) is 15.9. The number of hydrogen-bond acceptors (Lipinski definition) is 4. The molecule has 2 aromatic heterocycles. The molecule has 0 aliphatic carbocycles. The summed E-state index contributed by atoms with van der Waals surface area (Å²) in [4.78, 5) is 4.92. The Morgan fingerprint density at radius 3 is 2.48 bits per heavy atom. The van der Waals surface area contributed by atoms with Crippen molar-refractivity contribution in [1.29, 1.82) is 0 Å². The molecule has 140 valence electrons. The number of benzene rings is 3. The van der Waals surface area contributed by atoms with Crippen LogP contribution in [0.15, 0.2) is 84.2 Å². The van der Waals surface area contributed by atoms with E-state index < -0.39 is 0 Å². The average Bonchev–Trinajstić information content (AvgIpc) is 3.42. The largest absolute Gasteiger partial charge is 0.234 e. The molecular formula is C24H18N4S. The molecule has 2 heterocycles. The van der Waals surface area contributed by atoms with Gasteiger partial charge in [0.25, 0.3) is 0 Å². The molecule has 0 unspecified atom stereocenters. The summed E-state index contributed by atoms with van der Waals surface area (Å²) in [5.74, 6) is 0. The minimum Gasteiger partial charge on any atom is -0.234 e. The zero-order valence-corrected chi connectivity index (χ0v) is 16.7. The maximum atomic E-state index is 4.92. The van der Waals surface area contributed by atoms with Crippen LogP contribution in [0.2, 0.25) is 0 Å². The van der Waals surface area contributed by atoms with E-state index in [2.05, 4.69) is 65.1 Å². The van der Waals surface area contributed by atoms with Gasteiger partial charge in [-0.25, -0.2) is 9.67 Å². The number of aryl methyl sites for hydroxylation is 1. The van der Waals surface area contributed by atoms with Crippen LogP contribution in [0.25, 0.3) is 34.1 Å². The highest BCUT2D eigenvalue weighted by atomic mass is 32.1. The molecule has 0 amide bonds. The summed E-state index contributed by atoms with van der Waals surface area (Å²) < 4.78 is 1.88. The van der Waals surface area contributed by atoms with Gasteiger partial charge in [-0.3, -0.25) is 0 Å². The second-order valence-electron chi connectivity index (χ2n) is 6.83. The summed E-state index contributed by atoms with van der Waals surface area (Å²) in [6, 6.07) is 26.7. The predicted molar refractivity (Wildman–Crippen MR) is 120 cm³/mol. The van der Waals surface area contributed by atoms with Crippen LogP contribution >= 0.6 is 11.3 Å². The maximum Gasteiger partial charge on any atom is 0.142 e. The number of aromatic nitrogens is 4. The summed E-state index contributed by atoms with van der Waals surface area (Å²) in [5, 5.41) is 11.8. The smallest absolute Gasteiger partial charge is 0.142 e. The minimum atomic E-state index is 0.863. The highest BCUT2D eigenvalue weighted by Crippen LogP contribution is 2.29. The Morgan fingerprint density at radius 2 is 1.66 bits per heavy atom. The van der Waals surface area contributed by atoms with Crippen LogP contribution in [0, 0.1) is 6.92 Å². The molecule has 3 aromatic carbocycles. The number of nitrogens with zero attached hydrogens (tertiary/aromatic N) is 4. The van der Waals surface area contributed by atoms with Crippen LogP contribution in [0.1, 0.15) is 16.1 Å². The van der Waals surface area contributed by atoms with E-state index >= 15 is 0 Å². The summed E-state index contributed by atoms with van der Waals surface area (Å²) in [6.45, 7) is 2.09. The van der Waals surface area contributed by atoms with Crippen molar-refractivity contribution in [3.8, 4) is 11.3 Å². The topological polar surface area (TPSA) is 43.6 Å². The Hall–Kier alpha value is -3.57. The number of fused-ring (bicyclic) bond motifs is 1. The number of thiazole rings is 1. The number of para-hydroxylation sites is 1. The van der Waals surface area contributed by atoms with Gasteiger partial charge in [0.05, 0.1) is 11.2 Å². The van der Waals surface area contributed by atoms with Crippen molar-refractivity contribution in [2.24, 2.45) is 0 Å². The number of hydrogen-bond donors (Lipinski definition) is 0. The van der Waals surface area contributed by atoms with Crippen LogP contribution in [0.4, 0.5) is 0 Å². The first-order valence-electron chi connectivity index (χ1n) is 9.38. The molecule has 0 fully saturated rings. The van der Waals surface area contributed by atoms with Gasteiger partial charge in [-0.05, 0) is 30.7 Å². The first-order valence-corrected chi connectivity index (χ1v) is 10.3. The van der Waals surface area contributed by atoms with Gasteiger partial charge in [-0.15, -0.1) is 16.4 Å². The van der Waals surface area contributed by atoms with Crippen molar-refractivity contribution in [3.63, 3.8) is 0 Å². The average molecular weight is 395 g/mol. The fraction of sp³-hybridized carbons (Fsp3) is 0.0417. The molecule has 0 bridgehead atoms. The van der Waals surface area contributed by atoms with E-state index in [4.69, 9.17) is 4.98 Å². The highest BCUT2D eigenvalue weighted by Gasteiger charge is 2.15. The monoisotopic (exact) mass is 394 g/mol. The van der Waals surface area contributed by atoms with Crippen LogP contribution < -0.4 is 0 Å². The van der Waals surface area contributed by atoms with Gasteiger partial charge >= 0.3 is 0 Å². The molecule has 0 spiro atoms. The van der Waals surface area contributed by atoms with E-state index in [9.17, 15) is 0 Å². The van der Waals surface area contributed by atoms with Crippen LogP contribution in [-0.2, 0) is 0 Å². The fourth-order valence-electron chi connectivity index (χ4n) is 3.21. The molecule has 5 heteroatoms. The Balaban J connectivity index is 1.67. The first-order chi connectivity index (χ1) is 14.3. The van der Waals surface area contributed by atoms with E-state index in [1.807, 2.05) is 47.1 Å². The fourth-order valence-corrected chi connectivity index (χ4v) is 4.04. The van der Waals surface area contributed by atoms with Crippen LogP contribution in [0.3, 0.4) is 0 Å². The Kier molecular flexibility index (Phi) is 4.50. The van der Waals surface area contributed by atoms with Gasteiger partial charge in [0.2, 0.25) is 0 Å². The van der Waals surface area contributed by atoms with E-state index in [1.54, 1.807) is 11.3 Å². The zero-order chi connectivity index (χ0) is 19.6. The van der Waals surface area contributed by atoms with Crippen LogP contribution in [0.5, 0.6) is 0 Å². The SMILES string of the molecule is Cc1ccc(/C=C(/c2nc(-c3ccccc3)cs2)n2nnc3ccccc32)cc1. The maximum absolute atomic E-state index is 4.92. The van der Waals surface area contributed by atoms with Crippen molar-refractivity contribution in [2.45, 2.75) is 6.92 Å². The second-order valence-corrected chi connectivity index (χ2v) is 7.69. The lowest BCUT2D eigenvalue weighted by Crippen LogP contribution is -2.01. The Bertz CT molecular complexity index is 1300. The molecular weight excluding hydrogens is 376 g/mol. The highest BCUT2D eigenvalue weighted by molar-refractivity contribution is 7.11. The standard InChI is InChI=1S/C24H18N4S/c1-17-11-13-18(14-12-17)15-23(28-22-10-6-5-9-20(22)26-27-28)24-25-21(16-29-24)19-7-3-2-4-8-19/h2-16H,1H3/b23-15-. The molecule has 0 saturated heterocycles. The van der Waals surface area contributed by atoms with E-state index in [1.165, 1.54) is 5.56 Å². The summed E-state index contributed by atoms with van der Waals surface area (Å²) >= 11 is 1.61. The summed E-state index contributed by atoms with van der Waals surface area (Å²) in [5.41, 5.74) is 7.13. The Morgan fingerprint density at radius 1 is 0.897 bits per heavy atom. The molecule has 0 aliphatic heterocycles. The third-order valence-corrected chi connectivity index (χ3v) is 5.62. The molecule has 4 nitrogen and oxygen atoms in total. The molecule has 5 aromatic rings. The third-order valence-electron chi connectivity index (χ3n) is 4.75. The van der Waals surface area contributed by atoms with Crippen LogP contribution in [-0.4, -0.2) is 20.0 Å². The lowest BCUT2D eigenvalue weighted by atomic mass is 10.1. The van der Waals surface area contributed by atoms with Crippen molar-refractivity contribution >= 4 is 34.1 Å². The number of rotatable bonds is 4. The second kappa shape index (κ2) is 7.45.